The lowest BCUT2D eigenvalue weighted by atomic mass is 10.1. The molecular formula is C24H24FN5O4. The first-order chi connectivity index (χ1) is 16.2. The lowest BCUT2D eigenvalue weighted by Gasteiger charge is -2.18. The van der Waals surface area contributed by atoms with Gasteiger partial charge in [0.15, 0.2) is 5.84 Å². The zero-order valence-electron chi connectivity index (χ0n) is 18.5. The molecule has 1 fully saturated rings. The highest BCUT2D eigenvalue weighted by atomic mass is 19.1. The predicted octanol–water partition coefficient (Wildman–Crippen LogP) is 2.16. The number of oxime groups is 1. The first-order valence-electron chi connectivity index (χ1n) is 10.7. The zero-order valence-corrected chi connectivity index (χ0v) is 18.5. The van der Waals surface area contributed by atoms with Crippen LogP contribution >= 0.6 is 0 Å². The van der Waals surface area contributed by atoms with Crippen LogP contribution in [0, 0.1) is 0 Å². The number of amidine groups is 1. The van der Waals surface area contributed by atoms with Gasteiger partial charge in [0.2, 0.25) is 5.91 Å². The fourth-order valence-corrected chi connectivity index (χ4v) is 4.00. The minimum atomic E-state index is -1.04. The molecule has 4 N–H and O–H groups in total. The summed E-state index contributed by atoms with van der Waals surface area (Å²) >= 11 is 0. The molecule has 2 amide bonds. The SMILES string of the molecule is CC(=O)ON=C(N)c1ccc2cc(C(=O)N3CCC(F)C3)n(Cc3cccc(C(N)=O)c3)c2c1. The van der Waals surface area contributed by atoms with Crippen molar-refractivity contribution in [2.24, 2.45) is 16.6 Å². The number of nitrogens with zero attached hydrogens (tertiary/aromatic N) is 3. The fraction of sp³-hybridized carbons (Fsp3) is 0.250. The maximum Gasteiger partial charge on any atom is 0.332 e. The molecule has 1 aromatic heterocycles. The van der Waals surface area contributed by atoms with E-state index in [2.05, 4.69) is 9.99 Å². The third-order valence-electron chi connectivity index (χ3n) is 5.66. The first kappa shape index (κ1) is 23.0. The molecule has 176 valence electrons. The molecule has 0 aliphatic carbocycles. The molecule has 1 atom stereocenters. The normalized spacial score (nSPS) is 16.1. The Morgan fingerprint density at radius 2 is 1.91 bits per heavy atom. The molecule has 0 radical (unpaired) electrons. The monoisotopic (exact) mass is 465 g/mol. The largest absolute Gasteiger partial charge is 0.380 e. The molecule has 0 spiro atoms. The summed E-state index contributed by atoms with van der Waals surface area (Å²) in [5, 5.41) is 4.38. The topological polar surface area (TPSA) is 133 Å². The van der Waals surface area contributed by atoms with Crippen molar-refractivity contribution in [1.82, 2.24) is 9.47 Å². The van der Waals surface area contributed by atoms with Crippen molar-refractivity contribution < 1.29 is 23.6 Å². The lowest BCUT2D eigenvalue weighted by Crippen LogP contribution is -2.30. The number of benzene rings is 2. The van der Waals surface area contributed by atoms with Gasteiger partial charge in [-0.1, -0.05) is 29.4 Å². The average Bonchev–Trinajstić information content (AvgIpc) is 3.40. The number of likely N-dealkylation sites (tertiary alicyclic amines) is 1. The quantitative estimate of drug-likeness (QED) is 0.249. The van der Waals surface area contributed by atoms with E-state index in [1.54, 1.807) is 47.0 Å². The van der Waals surface area contributed by atoms with Gasteiger partial charge in [-0.3, -0.25) is 9.59 Å². The van der Waals surface area contributed by atoms with Gasteiger partial charge in [-0.25, -0.2) is 9.18 Å². The third kappa shape index (κ3) is 4.75. The molecule has 1 aliphatic rings. The molecule has 10 heteroatoms. The van der Waals surface area contributed by atoms with Gasteiger partial charge in [-0.15, -0.1) is 0 Å². The van der Waals surface area contributed by atoms with E-state index in [9.17, 15) is 18.8 Å². The van der Waals surface area contributed by atoms with Gasteiger partial charge in [0, 0.05) is 42.0 Å². The smallest absolute Gasteiger partial charge is 0.332 e. The van der Waals surface area contributed by atoms with Crippen molar-refractivity contribution in [2.75, 3.05) is 13.1 Å². The summed E-state index contributed by atoms with van der Waals surface area (Å²) in [5.74, 6) is -1.46. The minimum Gasteiger partial charge on any atom is -0.380 e. The number of nitrogens with two attached hydrogens (primary N) is 2. The molecule has 4 rings (SSSR count). The number of halogens is 1. The van der Waals surface area contributed by atoms with Crippen LogP contribution in [0.25, 0.3) is 10.9 Å². The first-order valence-corrected chi connectivity index (χ1v) is 10.7. The number of fused-ring (bicyclic) bond motifs is 1. The second-order valence-electron chi connectivity index (χ2n) is 8.15. The van der Waals surface area contributed by atoms with Crippen LogP contribution in [-0.2, 0) is 16.2 Å². The van der Waals surface area contributed by atoms with Gasteiger partial charge in [0.25, 0.3) is 5.91 Å². The lowest BCUT2D eigenvalue weighted by molar-refractivity contribution is -0.140. The summed E-state index contributed by atoms with van der Waals surface area (Å²) in [7, 11) is 0. The standard InChI is InChI=1S/C24H24FN5O4/c1-14(31)34-28-22(26)17-6-5-16-10-21(24(33)29-8-7-19(25)13-29)30(20(16)11-17)12-15-3-2-4-18(9-15)23(27)32/h2-6,9-11,19H,7-8,12-13H2,1H3,(H2,26,28)(H2,27,32). The molecule has 34 heavy (non-hydrogen) atoms. The van der Waals surface area contributed by atoms with Crippen molar-refractivity contribution in [2.45, 2.75) is 26.1 Å². The van der Waals surface area contributed by atoms with Gasteiger partial charge in [0.05, 0.1) is 6.54 Å². The molecule has 0 saturated carbocycles. The third-order valence-corrected chi connectivity index (χ3v) is 5.66. The van der Waals surface area contributed by atoms with Crippen LogP contribution in [0.4, 0.5) is 4.39 Å². The Labute approximate surface area is 194 Å². The average molecular weight is 465 g/mol. The summed E-state index contributed by atoms with van der Waals surface area (Å²) in [6, 6.07) is 13.8. The van der Waals surface area contributed by atoms with Gasteiger partial charge >= 0.3 is 5.97 Å². The Morgan fingerprint density at radius 3 is 2.59 bits per heavy atom. The Morgan fingerprint density at radius 1 is 1.12 bits per heavy atom. The minimum absolute atomic E-state index is 0.00623. The van der Waals surface area contributed by atoms with Crippen LogP contribution in [0.5, 0.6) is 0 Å². The number of carbonyl (C=O) groups excluding carboxylic acids is 3. The zero-order chi connectivity index (χ0) is 24.4. The number of carbonyl (C=O) groups is 3. The van der Waals surface area contributed by atoms with Gasteiger partial charge in [0.1, 0.15) is 11.9 Å². The molecule has 2 aromatic carbocycles. The van der Waals surface area contributed by atoms with E-state index < -0.39 is 18.0 Å². The number of alkyl halides is 1. The highest BCUT2D eigenvalue weighted by Crippen LogP contribution is 2.26. The maximum absolute atomic E-state index is 13.8. The molecule has 1 aliphatic heterocycles. The molecule has 2 heterocycles. The maximum atomic E-state index is 13.8. The summed E-state index contributed by atoms with van der Waals surface area (Å²) in [4.78, 5) is 42.1. The molecule has 0 bridgehead atoms. The van der Waals surface area contributed by atoms with Gasteiger partial charge in [-0.05, 0) is 36.2 Å². The summed E-state index contributed by atoms with van der Waals surface area (Å²) in [5.41, 5.74) is 14.0. The van der Waals surface area contributed by atoms with E-state index in [4.69, 9.17) is 11.5 Å². The number of rotatable bonds is 6. The van der Waals surface area contributed by atoms with Crippen molar-refractivity contribution >= 4 is 34.5 Å². The highest BCUT2D eigenvalue weighted by molar-refractivity contribution is 6.03. The van der Waals surface area contributed by atoms with E-state index in [0.717, 1.165) is 10.9 Å². The molecule has 9 nitrogen and oxygen atoms in total. The van der Waals surface area contributed by atoms with Gasteiger partial charge < -0.3 is 25.8 Å². The van der Waals surface area contributed by atoms with E-state index in [1.807, 2.05) is 6.07 Å². The van der Waals surface area contributed by atoms with E-state index in [0.29, 0.717) is 35.3 Å². The number of hydrogen-bond donors (Lipinski definition) is 2. The van der Waals surface area contributed by atoms with Crippen LogP contribution in [0.3, 0.4) is 0 Å². The summed E-state index contributed by atoms with van der Waals surface area (Å²) in [6.07, 6.45) is -0.738. The molecule has 3 aromatic rings. The van der Waals surface area contributed by atoms with E-state index >= 15 is 0 Å². The van der Waals surface area contributed by atoms with Crippen LogP contribution in [0.15, 0.2) is 53.7 Å². The number of amides is 2. The van der Waals surface area contributed by atoms with Crippen LogP contribution in [0.1, 0.15) is 45.3 Å². The van der Waals surface area contributed by atoms with Crippen molar-refractivity contribution in [3.63, 3.8) is 0 Å². The Kier molecular flexibility index (Phi) is 6.31. The highest BCUT2D eigenvalue weighted by Gasteiger charge is 2.29. The second-order valence-corrected chi connectivity index (χ2v) is 8.15. The van der Waals surface area contributed by atoms with E-state index in [-0.39, 0.29) is 24.8 Å². The fourth-order valence-electron chi connectivity index (χ4n) is 4.00. The summed E-state index contributed by atoms with van der Waals surface area (Å²) < 4.78 is 15.6. The molecular weight excluding hydrogens is 441 g/mol. The van der Waals surface area contributed by atoms with E-state index in [1.165, 1.54) is 11.8 Å². The number of hydrogen-bond acceptors (Lipinski definition) is 5. The van der Waals surface area contributed by atoms with Crippen molar-refractivity contribution in [1.29, 1.82) is 0 Å². The Bertz CT molecular complexity index is 1320. The Balaban J connectivity index is 1.80. The van der Waals surface area contributed by atoms with Crippen LogP contribution in [-0.4, -0.2) is 52.3 Å². The number of aromatic nitrogens is 1. The molecule has 1 saturated heterocycles. The van der Waals surface area contributed by atoms with Crippen LogP contribution < -0.4 is 11.5 Å². The van der Waals surface area contributed by atoms with Crippen LogP contribution in [0.2, 0.25) is 0 Å². The van der Waals surface area contributed by atoms with Crippen molar-refractivity contribution in [3.05, 3.63) is 70.9 Å². The summed E-state index contributed by atoms with van der Waals surface area (Å²) in [6.45, 7) is 1.85. The predicted molar refractivity (Wildman–Crippen MR) is 124 cm³/mol. The Hall–Kier alpha value is -4.21. The van der Waals surface area contributed by atoms with Crippen molar-refractivity contribution in [3.8, 4) is 0 Å². The van der Waals surface area contributed by atoms with Gasteiger partial charge in [-0.2, -0.15) is 0 Å². The second kappa shape index (κ2) is 9.34. The molecule has 1 unspecified atom stereocenters. The number of primary amides is 1.